The molecule has 3 nitrogen and oxygen atoms in total. The van der Waals surface area contributed by atoms with Crippen LogP contribution in [0.2, 0.25) is 0 Å². The maximum Gasteiger partial charge on any atom is 0.406 e. The van der Waals surface area contributed by atoms with E-state index in [-0.39, 0.29) is 17.8 Å². The Morgan fingerprint density at radius 1 is 1.33 bits per heavy atom. The molecule has 0 heterocycles. The Hall–Kier alpha value is -1.79. The Morgan fingerprint density at radius 2 is 1.94 bits per heavy atom. The van der Waals surface area contributed by atoms with Gasteiger partial charge in [0.05, 0.1) is 0 Å². The molecule has 0 bridgehead atoms. The Morgan fingerprint density at radius 3 is 2.39 bits per heavy atom. The molecule has 7 heteroatoms. The summed E-state index contributed by atoms with van der Waals surface area (Å²) in [5.74, 6) is -1.66. The van der Waals surface area contributed by atoms with E-state index in [1.54, 1.807) is 0 Å². The lowest BCUT2D eigenvalue weighted by Gasteiger charge is -2.22. The summed E-state index contributed by atoms with van der Waals surface area (Å²) in [6.45, 7) is -0.0974. The summed E-state index contributed by atoms with van der Waals surface area (Å²) >= 11 is 0. The number of benzene rings is 1. The molecule has 2 N–H and O–H groups in total. The zero-order valence-electron chi connectivity index (χ0n) is 9.59. The maximum absolute atomic E-state index is 13.0. The van der Waals surface area contributed by atoms with Gasteiger partial charge >= 0.3 is 6.18 Å². The monoisotopic (exact) mass is 264 g/mol. The van der Waals surface area contributed by atoms with E-state index < -0.39 is 24.4 Å². The van der Waals surface area contributed by atoms with Crippen molar-refractivity contribution in [3.63, 3.8) is 0 Å². The van der Waals surface area contributed by atoms with Crippen LogP contribution in [0, 0.1) is 5.82 Å². The second-order valence-electron chi connectivity index (χ2n) is 3.71. The fraction of sp³-hybridized carbons (Fsp3) is 0.364. The molecule has 0 spiro atoms. The summed E-state index contributed by atoms with van der Waals surface area (Å²) in [6.07, 6.45) is -4.50. The number of nitrogens with zero attached hydrogens (tertiary/aromatic N) is 1. The third kappa shape index (κ3) is 3.90. The van der Waals surface area contributed by atoms with Gasteiger partial charge in [0.2, 0.25) is 0 Å². The number of nitrogen functional groups attached to an aromatic ring is 1. The average molecular weight is 264 g/mol. The van der Waals surface area contributed by atoms with Crippen molar-refractivity contribution >= 4 is 11.6 Å². The first-order chi connectivity index (χ1) is 8.23. The van der Waals surface area contributed by atoms with Gasteiger partial charge in [-0.1, -0.05) is 0 Å². The van der Waals surface area contributed by atoms with Crippen LogP contribution in [0.1, 0.15) is 17.3 Å². The number of carbonyl (C=O) groups excluding carboxylic acids is 1. The largest absolute Gasteiger partial charge is 0.406 e. The molecule has 18 heavy (non-hydrogen) atoms. The molecule has 0 saturated carbocycles. The molecule has 0 atom stereocenters. The topological polar surface area (TPSA) is 46.3 Å². The SMILES string of the molecule is CCN(CC(F)(F)F)C(=O)c1cc(N)cc(F)c1. The number of amides is 1. The van der Waals surface area contributed by atoms with Crippen LogP contribution in [0.25, 0.3) is 0 Å². The number of hydrogen-bond acceptors (Lipinski definition) is 2. The van der Waals surface area contributed by atoms with Crippen molar-refractivity contribution in [2.45, 2.75) is 13.1 Å². The highest BCUT2D eigenvalue weighted by atomic mass is 19.4. The molecule has 0 aliphatic rings. The molecule has 0 radical (unpaired) electrons. The molecule has 1 rings (SSSR count). The fourth-order valence-corrected chi connectivity index (χ4v) is 1.46. The van der Waals surface area contributed by atoms with E-state index in [1.807, 2.05) is 0 Å². The first-order valence-electron chi connectivity index (χ1n) is 5.15. The van der Waals surface area contributed by atoms with Crippen molar-refractivity contribution in [3.8, 4) is 0 Å². The molecule has 1 amide bonds. The molecule has 0 fully saturated rings. The third-order valence-corrected chi connectivity index (χ3v) is 2.21. The minimum atomic E-state index is -4.50. The molecule has 1 aromatic rings. The molecule has 100 valence electrons. The lowest BCUT2D eigenvalue weighted by molar-refractivity contribution is -0.140. The quantitative estimate of drug-likeness (QED) is 0.673. The lowest BCUT2D eigenvalue weighted by atomic mass is 10.1. The van der Waals surface area contributed by atoms with Gasteiger partial charge in [-0.05, 0) is 25.1 Å². The molecule has 0 aliphatic carbocycles. The van der Waals surface area contributed by atoms with Gasteiger partial charge < -0.3 is 10.6 Å². The predicted octanol–water partition coefficient (Wildman–Crippen LogP) is 2.43. The van der Waals surface area contributed by atoms with Gasteiger partial charge in [0, 0.05) is 17.8 Å². The minimum Gasteiger partial charge on any atom is -0.399 e. The first-order valence-corrected chi connectivity index (χ1v) is 5.15. The minimum absolute atomic E-state index is 0.0126. The Labute approximate surface area is 101 Å². The van der Waals surface area contributed by atoms with Crippen LogP contribution >= 0.6 is 0 Å². The maximum atomic E-state index is 13.0. The van der Waals surface area contributed by atoms with Crippen molar-refractivity contribution in [3.05, 3.63) is 29.6 Å². The van der Waals surface area contributed by atoms with Gasteiger partial charge in [0.1, 0.15) is 12.4 Å². The van der Waals surface area contributed by atoms with Crippen molar-refractivity contribution < 1.29 is 22.4 Å². The van der Waals surface area contributed by atoms with Crippen LogP contribution in [0.3, 0.4) is 0 Å². The Kier molecular flexibility index (Phi) is 4.15. The zero-order chi connectivity index (χ0) is 13.9. The summed E-state index contributed by atoms with van der Waals surface area (Å²) in [6, 6.07) is 2.99. The molecule has 1 aromatic carbocycles. The molecule has 0 saturated heterocycles. The number of anilines is 1. The number of hydrogen-bond donors (Lipinski definition) is 1. The molecule has 0 unspecified atom stereocenters. The van der Waals surface area contributed by atoms with E-state index in [9.17, 15) is 22.4 Å². The van der Waals surface area contributed by atoms with E-state index in [1.165, 1.54) is 6.92 Å². The van der Waals surface area contributed by atoms with Crippen LogP contribution in [0.4, 0.5) is 23.2 Å². The van der Waals surface area contributed by atoms with Gasteiger partial charge in [0.25, 0.3) is 5.91 Å². The number of halogens is 4. The summed E-state index contributed by atoms with van der Waals surface area (Å²) in [5.41, 5.74) is 5.12. The molecule has 0 aromatic heterocycles. The summed E-state index contributed by atoms with van der Waals surface area (Å²) in [7, 11) is 0. The summed E-state index contributed by atoms with van der Waals surface area (Å²) < 4.78 is 49.7. The average Bonchev–Trinajstić information content (AvgIpc) is 2.22. The van der Waals surface area contributed by atoms with Crippen LogP contribution < -0.4 is 5.73 Å². The van der Waals surface area contributed by atoms with Crippen LogP contribution in [-0.4, -0.2) is 30.1 Å². The van der Waals surface area contributed by atoms with Gasteiger partial charge in [-0.2, -0.15) is 13.2 Å². The summed E-state index contributed by atoms with van der Waals surface area (Å²) in [4.78, 5) is 12.3. The number of nitrogens with two attached hydrogens (primary N) is 1. The highest BCUT2D eigenvalue weighted by Crippen LogP contribution is 2.19. The second kappa shape index (κ2) is 5.24. The first kappa shape index (κ1) is 14.3. The van der Waals surface area contributed by atoms with E-state index in [0.717, 1.165) is 18.2 Å². The van der Waals surface area contributed by atoms with Crippen LogP contribution in [-0.2, 0) is 0 Å². The lowest BCUT2D eigenvalue weighted by Crippen LogP contribution is -2.38. The summed E-state index contributed by atoms with van der Waals surface area (Å²) in [5, 5.41) is 0. The van der Waals surface area contributed by atoms with Gasteiger partial charge in [0.15, 0.2) is 0 Å². The van der Waals surface area contributed by atoms with Crippen LogP contribution in [0.15, 0.2) is 18.2 Å². The highest BCUT2D eigenvalue weighted by Gasteiger charge is 2.32. The normalized spacial score (nSPS) is 11.4. The van der Waals surface area contributed by atoms with Gasteiger partial charge in [-0.25, -0.2) is 4.39 Å². The van der Waals surface area contributed by atoms with Crippen molar-refractivity contribution in [1.29, 1.82) is 0 Å². The van der Waals surface area contributed by atoms with Gasteiger partial charge in [-0.3, -0.25) is 4.79 Å². The standard InChI is InChI=1S/C11H12F4N2O/c1-2-17(6-11(13,14)15)10(18)7-3-8(12)5-9(16)4-7/h3-5H,2,6,16H2,1H3. The van der Waals surface area contributed by atoms with E-state index in [2.05, 4.69) is 0 Å². The zero-order valence-corrected chi connectivity index (χ0v) is 9.59. The van der Waals surface area contributed by atoms with Crippen molar-refractivity contribution in [2.24, 2.45) is 0 Å². The number of alkyl halides is 3. The van der Waals surface area contributed by atoms with Crippen molar-refractivity contribution in [1.82, 2.24) is 4.90 Å². The van der Waals surface area contributed by atoms with E-state index in [0.29, 0.717) is 4.90 Å². The van der Waals surface area contributed by atoms with E-state index >= 15 is 0 Å². The predicted molar refractivity (Wildman–Crippen MR) is 58.4 cm³/mol. The molecule has 0 aliphatic heterocycles. The highest BCUT2D eigenvalue weighted by molar-refractivity contribution is 5.95. The molecular weight excluding hydrogens is 252 g/mol. The van der Waals surface area contributed by atoms with Crippen molar-refractivity contribution in [2.75, 3.05) is 18.8 Å². The van der Waals surface area contributed by atoms with Crippen LogP contribution in [0.5, 0.6) is 0 Å². The Balaban J connectivity index is 2.96. The number of carbonyl (C=O) groups is 1. The second-order valence-corrected chi connectivity index (χ2v) is 3.71. The third-order valence-electron chi connectivity index (χ3n) is 2.21. The fourth-order valence-electron chi connectivity index (χ4n) is 1.46. The van der Waals surface area contributed by atoms with Gasteiger partial charge in [-0.15, -0.1) is 0 Å². The number of rotatable bonds is 3. The molecular formula is C11H12F4N2O. The Bertz CT molecular complexity index is 425. The smallest absolute Gasteiger partial charge is 0.399 e. The van der Waals surface area contributed by atoms with E-state index in [4.69, 9.17) is 5.73 Å².